The highest BCUT2D eigenvalue weighted by Gasteiger charge is 2.49. The van der Waals surface area contributed by atoms with Crippen LogP contribution in [0.2, 0.25) is 0 Å². The van der Waals surface area contributed by atoms with E-state index in [-0.39, 0.29) is 49.3 Å². The summed E-state index contributed by atoms with van der Waals surface area (Å²) >= 11 is 0. The summed E-state index contributed by atoms with van der Waals surface area (Å²) in [6.07, 6.45) is 5.81. The zero-order valence-corrected chi connectivity index (χ0v) is 23.5. The van der Waals surface area contributed by atoms with Gasteiger partial charge in [-0.2, -0.15) is 23.5 Å². The standard InChI is InChI=1S/C29H34F3N9O2/c30-29(31,32)24-11-19(15-34-7-10-42)12-25(39-24)43-22-2-8-40(9-3-22)21-13-28(14-21,4-5-33)41-17-20(16-38-41)26-23-1-6-35-27(23)37-18-36-26/h1,6,11-12,16-18,21-22,26,34-35,42H,2-4,7-10,13-15H2,(H,36,37). The summed E-state index contributed by atoms with van der Waals surface area (Å²) in [6.45, 7) is 1.82. The Morgan fingerprint density at radius 3 is 2.79 bits per heavy atom. The van der Waals surface area contributed by atoms with Gasteiger partial charge in [0, 0.05) is 61.8 Å². The van der Waals surface area contributed by atoms with Crippen molar-refractivity contribution in [1.82, 2.24) is 30.0 Å². The van der Waals surface area contributed by atoms with Crippen molar-refractivity contribution in [3.05, 3.63) is 59.2 Å². The van der Waals surface area contributed by atoms with Crippen LogP contribution in [-0.2, 0) is 18.3 Å². The molecule has 5 heterocycles. The number of piperidine rings is 1. The lowest BCUT2D eigenvalue weighted by Crippen LogP contribution is -2.58. The number of nitriles is 1. The molecule has 0 spiro atoms. The van der Waals surface area contributed by atoms with Gasteiger partial charge >= 0.3 is 6.18 Å². The maximum Gasteiger partial charge on any atom is 0.433 e. The molecule has 14 heteroatoms. The average Bonchev–Trinajstić information content (AvgIpc) is 3.65. The molecule has 0 radical (unpaired) electrons. The molecule has 228 valence electrons. The first-order valence-corrected chi connectivity index (χ1v) is 14.5. The molecule has 3 aromatic rings. The lowest BCUT2D eigenvalue weighted by atomic mass is 9.69. The van der Waals surface area contributed by atoms with Gasteiger partial charge in [-0.05, 0) is 43.4 Å². The van der Waals surface area contributed by atoms with Crippen LogP contribution < -0.4 is 15.4 Å². The largest absolute Gasteiger partial charge is 0.474 e. The van der Waals surface area contributed by atoms with Gasteiger partial charge in [-0.3, -0.25) is 14.6 Å². The fraction of sp³-hybridized carbons (Fsp3) is 0.517. The zero-order valence-electron chi connectivity index (χ0n) is 23.5. The molecule has 1 saturated carbocycles. The van der Waals surface area contributed by atoms with Crippen molar-refractivity contribution in [2.24, 2.45) is 4.99 Å². The fourth-order valence-corrected chi connectivity index (χ4v) is 6.34. The lowest BCUT2D eigenvalue weighted by molar-refractivity contribution is -0.141. The Balaban J connectivity index is 1.06. The van der Waals surface area contributed by atoms with Gasteiger partial charge in [0.1, 0.15) is 23.7 Å². The molecule has 0 bridgehead atoms. The van der Waals surface area contributed by atoms with E-state index in [2.05, 4.69) is 41.7 Å². The van der Waals surface area contributed by atoms with Gasteiger partial charge in [-0.1, -0.05) is 0 Å². The van der Waals surface area contributed by atoms with Crippen LogP contribution in [0.25, 0.3) is 0 Å². The molecule has 4 N–H and O–H groups in total. The van der Waals surface area contributed by atoms with Gasteiger partial charge in [0.05, 0.1) is 37.2 Å². The molecular formula is C29H34F3N9O2. The van der Waals surface area contributed by atoms with Gasteiger partial charge in [0.2, 0.25) is 5.88 Å². The number of fused-ring (bicyclic) bond motifs is 1. The van der Waals surface area contributed by atoms with E-state index in [0.29, 0.717) is 24.8 Å². The molecule has 11 nitrogen and oxygen atoms in total. The number of anilines is 1. The summed E-state index contributed by atoms with van der Waals surface area (Å²) in [5.74, 6) is 0.875. The van der Waals surface area contributed by atoms with Gasteiger partial charge in [0.25, 0.3) is 0 Å². The van der Waals surface area contributed by atoms with Crippen molar-refractivity contribution in [2.45, 2.75) is 68.6 Å². The number of pyridine rings is 1. The number of hydrogen-bond donors (Lipinski definition) is 4. The minimum Gasteiger partial charge on any atom is -0.474 e. The summed E-state index contributed by atoms with van der Waals surface area (Å²) in [7, 11) is 0. The second kappa shape index (κ2) is 12.0. The molecule has 1 aliphatic carbocycles. The van der Waals surface area contributed by atoms with E-state index >= 15 is 0 Å². The molecule has 0 aromatic carbocycles. The SMILES string of the molecule is N#CCC1(n2cc(C3N=CNc4[nH]ccc43)cn2)CC(N2CCC(Oc3cc(CNCCO)cc(C(F)(F)F)n3)CC2)C1. The molecule has 1 unspecified atom stereocenters. The predicted molar refractivity (Wildman–Crippen MR) is 151 cm³/mol. The monoisotopic (exact) mass is 597 g/mol. The van der Waals surface area contributed by atoms with E-state index in [1.165, 1.54) is 6.07 Å². The molecule has 43 heavy (non-hydrogen) atoms. The third-order valence-electron chi connectivity index (χ3n) is 8.60. The van der Waals surface area contributed by atoms with E-state index in [4.69, 9.17) is 9.84 Å². The highest BCUT2D eigenvalue weighted by Crippen LogP contribution is 2.46. The first-order chi connectivity index (χ1) is 20.8. The summed E-state index contributed by atoms with van der Waals surface area (Å²) < 4.78 is 48.3. The highest BCUT2D eigenvalue weighted by molar-refractivity contribution is 5.79. The number of alkyl halides is 3. The van der Waals surface area contributed by atoms with Crippen molar-refractivity contribution >= 4 is 12.2 Å². The molecule has 2 fully saturated rings. The van der Waals surface area contributed by atoms with Crippen molar-refractivity contribution in [1.29, 1.82) is 5.26 Å². The fourth-order valence-electron chi connectivity index (χ4n) is 6.34. The summed E-state index contributed by atoms with van der Waals surface area (Å²) in [6, 6.07) is 7.00. The molecular weight excluding hydrogens is 563 g/mol. The number of hydrogen-bond acceptors (Lipinski definition) is 9. The maximum atomic E-state index is 13.5. The summed E-state index contributed by atoms with van der Waals surface area (Å²) in [5.41, 5.74) is 1.03. The second-order valence-electron chi connectivity index (χ2n) is 11.4. The van der Waals surface area contributed by atoms with E-state index in [1.807, 2.05) is 29.3 Å². The van der Waals surface area contributed by atoms with Gasteiger partial charge < -0.3 is 25.5 Å². The Morgan fingerprint density at radius 2 is 2.05 bits per heavy atom. The number of likely N-dealkylation sites (tertiary alicyclic amines) is 1. The molecule has 0 amide bonds. The number of aromatic nitrogens is 4. The molecule has 2 aliphatic heterocycles. The van der Waals surface area contributed by atoms with Gasteiger partial charge in [-0.25, -0.2) is 4.98 Å². The number of aliphatic hydroxyl groups is 1. The molecule has 3 aromatic heterocycles. The molecule has 6 rings (SSSR count). The van der Waals surface area contributed by atoms with Crippen molar-refractivity contribution < 1.29 is 23.0 Å². The van der Waals surface area contributed by atoms with Crippen LogP contribution in [0, 0.1) is 11.3 Å². The van der Waals surface area contributed by atoms with Crippen LogP contribution in [-0.4, -0.2) is 74.5 Å². The topological polar surface area (TPSA) is 139 Å². The van der Waals surface area contributed by atoms with Crippen LogP contribution in [0.15, 0.2) is 41.8 Å². The zero-order chi connectivity index (χ0) is 30.0. The third-order valence-corrected chi connectivity index (χ3v) is 8.60. The summed E-state index contributed by atoms with van der Waals surface area (Å²) in [4.78, 5) is 13.9. The number of aliphatic hydroxyl groups excluding tert-OH is 1. The Labute approximate surface area is 246 Å². The van der Waals surface area contributed by atoms with Crippen molar-refractivity contribution in [3.63, 3.8) is 0 Å². The van der Waals surface area contributed by atoms with Crippen molar-refractivity contribution in [2.75, 3.05) is 31.6 Å². The smallest absolute Gasteiger partial charge is 0.433 e. The Kier molecular flexibility index (Phi) is 8.13. The van der Waals surface area contributed by atoms with Crippen LogP contribution in [0.5, 0.6) is 5.88 Å². The minimum absolute atomic E-state index is 0.0370. The predicted octanol–water partition coefficient (Wildman–Crippen LogP) is 3.56. The number of rotatable bonds is 10. The number of nitrogens with one attached hydrogen (secondary N) is 3. The summed E-state index contributed by atoms with van der Waals surface area (Å²) in [5, 5.41) is 29.3. The van der Waals surface area contributed by atoms with E-state index < -0.39 is 11.9 Å². The normalized spacial score (nSPS) is 24.2. The second-order valence-corrected chi connectivity index (χ2v) is 11.4. The Morgan fingerprint density at radius 1 is 1.23 bits per heavy atom. The Bertz CT molecular complexity index is 1480. The maximum absolute atomic E-state index is 13.5. The highest BCUT2D eigenvalue weighted by atomic mass is 19.4. The molecule has 1 saturated heterocycles. The number of halogens is 3. The average molecular weight is 598 g/mol. The number of aromatic amines is 1. The minimum atomic E-state index is -4.59. The van der Waals surface area contributed by atoms with Crippen LogP contribution in [0.1, 0.15) is 60.5 Å². The number of H-pyrrole nitrogens is 1. The van der Waals surface area contributed by atoms with Gasteiger partial charge in [-0.15, -0.1) is 0 Å². The van der Waals surface area contributed by atoms with Crippen LogP contribution in [0.3, 0.4) is 0 Å². The quantitative estimate of drug-likeness (QED) is 0.260. The first-order valence-electron chi connectivity index (χ1n) is 14.5. The third kappa shape index (κ3) is 6.11. The van der Waals surface area contributed by atoms with Crippen LogP contribution in [0.4, 0.5) is 19.0 Å². The Hall–Kier alpha value is -3.93. The van der Waals surface area contributed by atoms with Crippen molar-refractivity contribution in [3.8, 4) is 11.9 Å². The number of ether oxygens (including phenoxy) is 1. The first kappa shape index (κ1) is 29.2. The molecule has 1 atom stereocenters. The number of nitrogens with zero attached hydrogens (tertiary/aromatic N) is 6. The molecule has 3 aliphatic rings. The van der Waals surface area contributed by atoms with E-state index in [1.54, 1.807) is 6.34 Å². The lowest BCUT2D eigenvalue weighted by Gasteiger charge is -2.52. The van der Waals surface area contributed by atoms with Gasteiger partial charge in [0.15, 0.2) is 0 Å². The number of aliphatic imine (C=N–C) groups is 1. The van der Waals surface area contributed by atoms with E-state index in [9.17, 15) is 18.4 Å². The van der Waals surface area contributed by atoms with Crippen LogP contribution >= 0.6 is 0 Å². The van der Waals surface area contributed by atoms with E-state index in [0.717, 1.165) is 48.9 Å².